The molecule has 2 aliphatic rings. The zero-order valence-electron chi connectivity index (χ0n) is 21.1. The van der Waals surface area contributed by atoms with Crippen LogP contribution in [0.2, 0.25) is 0 Å². The first-order chi connectivity index (χ1) is 18.3. The van der Waals surface area contributed by atoms with Crippen LogP contribution in [-0.2, 0) is 16.1 Å². The first-order valence-electron chi connectivity index (χ1n) is 12.2. The quantitative estimate of drug-likeness (QED) is 0.387. The summed E-state index contributed by atoms with van der Waals surface area (Å²) in [5.41, 5.74) is 2.48. The minimum atomic E-state index is -2.87. The number of ether oxygens (including phenoxy) is 1. The van der Waals surface area contributed by atoms with Crippen molar-refractivity contribution in [3.63, 3.8) is 0 Å². The summed E-state index contributed by atoms with van der Waals surface area (Å²) in [6.45, 7) is 4.22. The van der Waals surface area contributed by atoms with Crippen molar-refractivity contribution in [3.05, 3.63) is 47.9 Å². The molecule has 0 unspecified atom stereocenters. The fourth-order valence-corrected chi connectivity index (χ4v) is 4.42. The standard InChI is InChI=1S/C25H28F3N7O3/c1-32-5-7-34(8-6-32)20-10-21(33(2)18-13-37-14-18)22(9-19(20)26)35(15-36)12-17-4-3-16(11-29-17)24-30-31-25(38-24)23(27)28/h3-4,9-11,15,18,23H,5-8,12-14H2,1-2H3. The number of halogens is 3. The number of carbonyl (C=O) groups excluding carboxylic acids is 1. The fraction of sp³-hybridized carbons (Fsp3) is 0.440. The molecule has 1 aromatic carbocycles. The lowest BCUT2D eigenvalue weighted by Crippen LogP contribution is -2.48. The van der Waals surface area contributed by atoms with Gasteiger partial charge in [-0.15, -0.1) is 10.2 Å². The smallest absolute Gasteiger partial charge is 0.314 e. The number of benzene rings is 1. The van der Waals surface area contributed by atoms with Crippen LogP contribution < -0.4 is 14.7 Å². The molecule has 10 nitrogen and oxygen atoms in total. The van der Waals surface area contributed by atoms with Crippen molar-refractivity contribution in [3.8, 4) is 11.5 Å². The van der Waals surface area contributed by atoms with Gasteiger partial charge in [-0.3, -0.25) is 9.78 Å². The second-order valence-electron chi connectivity index (χ2n) is 9.40. The van der Waals surface area contributed by atoms with Crippen molar-refractivity contribution in [2.75, 3.05) is 68.2 Å². The van der Waals surface area contributed by atoms with Crippen molar-refractivity contribution in [1.29, 1.82) is 0 Å². The molecule has 0 bridgehead atoms. The van der Waals surface area contributed by atoms with Crippen LogP contribution in [0.25, 0.3) is 11.5 Å². The summed E-state index contributed by atoms with van der Waals surface area (Å²) in [5, 5.41) is 6.93. The number of alkyl halides is 2. The number of hydrogen-bond acceptors (Lipinski definition) is 9. The minimum absolute atomic E-state index is 0.0607. The van der Waals surface area contributed by atoms with Crippen LogP contribution in [0.15, 0.2) is 34.9 Å². The van der Waals surface area contributed by atoms with Crippen LogP contribution in [0.3, 0.4) is 0 Å². The first-order valence-corrected chi connectivity index (χ1v) is 12.2. The number of carbonyl (C=O) groups is 1. The Bertz CT molecular complexity index is 1260. The van der Waals surface area contributed by atoms with Gasteiger partial charge in [0.15, 0.2) is 0 Å². The van der Waals surface area contributed by atoms with Crippen LogP contribution in [0.1, 0.15) is 18.0 Å². The van der Waals surface area contributed by atoms with Gasteiger partial charge in [0.1, 0.15) is 5.82 Å². The largest absolute Gasteiger partial charge is 0.415 e. The topological polar surface area (TPSA) is 91.1 Å². The van der Waals surface area contributed by atoms with Gasteiger partial charge in [0.25, 0.3) is 5.89 Å². The molecule has 202 valence electrons. The molecule has 13 heteroatoms. The number of amides is 1. The molecule has 2 saturated heterocycles. The van der Waals surface area contributed by atoms with E-state index in [0.29, 0.717) is 61.0 Å². The average molecular weight is 532 g/mol. The molecule has 0 aliphatic carbocycles. The Kier molecular flexibility index (Phi) is 7.47. The number of aromatic nitrogens is 3. The molecule has 0 atom stereocenters. The van der Waals surface area contributed by atoms with Crippen LogP contribution in [0.4, 0.5) is 30.2 Å². The number of nitrogens with zero attached hydrogens (tertiary/aromatic N) is 7. The molecule has 3 aromatic rings. The Labute approximate surface area is 217 Å². The van der Waals surface area contributed by atoms with Gasteiger partial charge in [0.2, 0.25) is 12.3 Å². The molecule has 2 aromatic heterocycles. The summed E-state index contributed by atoms with van der Waals surface area (Å²) in [5.74, 6) is -1.26. The van der Waals surface area contributed by atoms with Crippen molar-refractivity contribution >= 4 is 23.5 Å². The molecule has 0 spiro atoms. The predicted octanol–water partition coefficient (Wildman–Crippen LogP) is 2.96. The Hall–Kier alpha value is -3.71. The summed E-state index contributed by atoms with van der Waals surface area (Å²) in [6, 6.07) is 6.52. The molecule has 0 saturated carbocycles. The number of rotatable bonds is 9. The van der Waals surface area contributed by atoms with Crippen molar-refractivity contribution in [2.24, 2.45) is 0 Å². The van der Waals surface area contributed by atoms with E-state index >= 15 is 4.39 Å². The molecule has 5 rings (SSSR count). The third-order valence-electron chi connectivity index (χ3n) is 6.90. The van der Waals surface area contributed by atoms with Crippen molar-refractivity contribution < 1.29 is 27.1 Å². The zero-order valence-corrected chi connectivity index (χ0v) is 21.1. The lowest BCUT2D eigenvalue weighted by atomic mass is 10.1. The SMILES string of the molecule is CN1CCN(c2cc(N(C)C3COC3)c(N(C=O)Cc3ccc(-c4nnc(C(F)F)o4)cn3)cc2F)CC1. The number of pyridine rings is 1. The van der Waals surface area contributed by atoms with E-state index in [-0.39, 0.29) is 18.5 Å². The minimum Gasteiger partial charge on any atom is -0.415 e. The highest BCUT2D eigenvalue weighted by atomic mass is 19.3. The van der Waals surface area contributed by atoms with Gasteiger partial charge in [-0.05, 0) is 25.2 Å². The predicted molar refractivity (Wildman–Crippen MR) is 134 cm³/mol. The number of piperazine rings is 1. The highest BCUT2D eigenvalue weighted by molar-refractivity contribution is 5.86. The fourth-order valence-electron chi connectivity index (χ4n) is 4.42. The average Bonchev–Trinajstić information content (AvgIpc) is 3.38. The summed E-state index contributed by atoms with van der Waals surface area (Å²) in [7, 11) is 3.95. The van der Waals surface area contributed by atoms with Gasteiger partial charge >= 0.3 is 6.43 Å². The van der Waals surface area contributed by atoms with Crippen molar-refractivity contribution in [1.82, 2.24) is 20.1 Å². The van der Waals surface area contributed by atoms with E-state index in [1.165, 1.54) is 17.2 Å². The molecule has 4 heterocycles. The van der Waals surface area contributed by atoms with Crippen LogP contribution in [-0.4, -0.2) is 86.0 Å². The molecular weight excluding hydrogens is 503 g/mol. The Balaban J connectivity index is 1.42. The van der Waals surface area contributed by atoms with Gasteiger partial charge < -0.3 is 28.8 Å². The maximum absolute atomic E-state index is 15.5. The van der Waals surface area contributed by atoms with Gasteiger partial charge in [0.05, 0.1) is 54.1 Å². The second kappa shape index (κ2) is 11.0. The van der Waals surface area contributed by atoms with E-state index in [0.717, 1.165) is 13.1 Å². The molecular formula is C25H28F3N7O3. The van der Waals surface area contributed by atoms with Crippen molar-refractivity contribution in [2.45, 2.75) is 19.0 Å². The second-order valence-corrected chi connectivity index (χ2v) is 9.40. The maximum Gasteiger partial charge on any atom is 0.314 e. The van der Waals surface area contributed by atoms with Crippen LogP contribution in [0, 0.1) is 5.82 Å². The van der Waals surface area contributed by atoms with E-state index in [4.69, 9.17) is 9.15 Å². The number of hydrogen-bond donors (Lipinski definition) is 0. The Morgan fingerprint density at radius 3 is 2.47 bits per heavy atom. The maximum atomic E-state index is 15.5. The highest BCUT2D eigenvalue weighted by Crippen LogP contribution is 2.38. The van der Waals surface area contributed by atoms with E-state index in [1.807, 2.05) is 23.9 Å². The normalized spacial score (nSPS) is 16.5. The van der Waals surface area contributed by atoms with Gasteiger partial charge in [0, 0.05) is 45.5 Å². The Morgan fingerprint density at radius 1 is 1.13 bits per heavy atom. The molecule has 2 fully saturated rings. The monoisotopic (exact) mass is 531 g/mol. The molecule has 1 amide bonds. The van der Waals surface area contributed by atoms with Crippen LogP contribution >= 0.6 is 0 Å². The Morgan fingerprint density at radius 2 is 1.89 bits per heavy atom. The van der Waals surface area contributed by atoms with Gasteiger partial charge in [-0.2, -0.15) is 8.78 Å². The molecule has 2 aliphatic heterocycles. The highest BCUT2D eigenvalue weighted by Gasteiger charge is 2.29. The molecule has 0 radical (unpaired) electrons. The molecule has 38 heavy (non-hydrogen) atoms. The van der Waals surface area contributed by atoms with Gasteiger partial charge in [-0.1, -0.05) is 0 Å². The lowest BCUT2D eigenvalue weighted by Gasteiger charge is -2.39. The number of likely N-dealkylation sites (N-methyl/N-ethyl adjacent to an activating group) is 2. The van der Waals surface area contributed by atoms with E-state index in [2.05, 4.69) is 20.1 Å². The van der Waals surface area contributed by atoms with E-state index in [1.54, 1.807) is 18.2 Å². The van der Waals surface area contributed by atoms with Crippen LogP contribution in [0.5, 0.6) is 0 Å². The lowest BCUT2D eigenvalue weighted by molar-refractivity contribution is -0.107. The molecule has 0 N–H and O–H groups in total. The van der Waals surface area contributed by atoms with E-state index < -0.39 is 18.1 Å². The third-order valence-corrected chi connectivity index (χ3v) is 6.90. The van der Waals surface area contributed by atoms with Gasteiger partial charge in [-0.25, -0.2) is 4.39 Å². The summed E-state index contributed by atoms with van der Waals surface area (Å²) in [6.07, 6.45) is -0.829. The van der Waals surface area contributed by atoms with E-state index in [9.17, 15) is 13.6 Å². The summed E-state index contributed by atoms with van der Waals surface area (Å²) < 4.78 is 51.3. The third kappa shape index (κ3) is 5.29. The number of anilines is 3. The summed E-state index contributed by atoms with van der Waals surface area (Å²) in [4.78, 5) is 24.2. The first kappa shape index (κ1) is 25.9. The zero-order chi connectivity index (χ0) is 26.8. The summed E-state index contributed by atoms with van der Waals surface area (Å²) >= 11 is 0.